The molecule has 9 nitrogen and oxygen atoms in total. The molecule has 0 radical (unpaired) electrons. The topological polar surface area (TPSA) is 125 Å². The van der Waals surface area contributed by atoms with Gasteiger partial charge < -0.3 is 15.7 Å². The Labute approximate surface area is 151 Å². The van der Waals surface area contributed by atoms with E-state index in [9.17, 15) is 14.4 Å². The molecule has 25 heavy (non-hydrogen) atoms. The van der Waals surface area contributed by atoms with Crippen LogP contribution in [0.1, 0.15) is 23.1 Å². The van der Waals surface area contributed by atoms with Crippen LogP contribution < -0.4 is 16.1 Å². The van der Waals surface area contributed by atoms with E-state index in [1.54, 1.807) is 24.4 Å². The van der Waals surface area contributed by atoms with E-state index >= 15 is 0 Å². The fourth-order valence-corrected chi connectivity index (χ4v) is 2.43. The number of nitrogens with one attached hydrogen (secondary N) is 3. The average molecular weight is 410 g/mol. The highest BCUT2D eigenvalue weighted by Crippen LogP contribution is 2.17. The number of aromatic nitrogens is 2. The minimum atomic E-state index is -1.32. The molecule has 0 spiro atoms. The first-order chi connectivity index (χ1) is 11.9. The fourth-order valence-electron chi connectivity index (χ4n) is 1.94. The molecule has 0 aliphatic heterocycles. The van der Waals surface area contributed by atoms with Gasteiger partial charge in [0, 0.05) is 12.4 Å². The lowest BCUT2D eigenvalue weighted by atomic mass is 10.3. The van der Waals surface area contributed by atoms with Crippen LogP contribution >= 0.6 is 15.9 Å². The van der Waals surface area contributed by atoms with E-state index in [4.69, 9.17) is 5.11 Å². The maximum absolute atomic E-state index is 12.4. The summed E-state index contributed by atoms with van der Waals surface area (Å²) in [6.07, 6.45) is 1.78. The molecule has 2 heterocycles. The van der Waals surface area contributed by atoms with Crippen molar-refractivity contribution in [1.29, 1.82) is 0 Å². The predicted octanol–water partition coefficient (Wildman–Crippen LogP) is 1.30. The van der Waals surface area contributed by atoms with Crippen molar-refractivity contribution in [3.8, 4) is 0 Å². The van der Waals surface area contributed by atoms with E-state index in [-0.39, 0.29) is 12.2 Å². The molecular formula is C15H16BrN5O4. The molecule has 132 valence electrons. The van der Waals surface area contributed by atoms with Crippen LogP contribution in [0.25, 0.3) is 0 Å². The molecule has 1 atom stereocenters. The van der Waals surface area contributed by atoms with Crippen molar-refractivity contribution in [3.05, 3.63) is 52.5 Å². The third-order valence-corrected chi connectivity index (χ3v) is 3.81. The number of hydrogen-bond acceptors (Lipinski definition) is 4. The van der Waals surface area contributed by atoms with E-state index in [0.29, 0.717) is 10.2 Å². The minimum Gasteiger partial charge on any atom is -0.465 e. The van der Waals surface area contributed by atoms with Gasteiger partial charge in [-0.25, -0.2) is 4.79 Å². The van der Waals surface area contributed by atoms with Crippen LogP contribution in [0, 0.1) is 0 Å². The molecule has 1 unspecified atom stereocenters. The van der Waals surface area contributed by atoms with E-state index in [1.807, 2.05) is 11.4 Å². The van der Waals surface area contributed by atoms with E-state index < -0.39 is 23.9 Å². The van der Waals surface area contributed by atoms with Crippen LogP contribution in [-0.4, -0.2) is 38.7 Å². The Kier molecular flexibility index (Phi) is 6.12. The number of pyridine rings is 1. The Morgan fingerprint density at radius 1 is 1.32 bits per heavy atom. The van der Waals surface area contributed by atoms with Crippen molar-refractivity contribution in [2.24, 2.45) is 0 Å². The second-order valence-electron chi connectivity index (χ2n) is 5.03. The number of carbonyl (C=O) groups excluding carboxylic acids is 2. The molecule has 0 saturated carbocycles. The van der Waals surface area contributed by atoms with Gasteiger partial charge >= 0.3 is 6.09 Å². The molecule has 0 aliphatic carbocycles. The molecule has 2 rings (SSSR count). The molecule has 3 amide bonds. The second-order valence-corrected chi connectivity index (χ2v) is 5.89. The quantitative estimate of drug-likeness (QED) is 0.572. The predicted molar refractivity (Wildman–Crippen MR) is 92.5 cm³/mol. The van der Waals surface area contributed by atoms with Crippen LogP contribution in [-0.2, 0) is 11.3 Å². The van der Waals surface area contributed by atoms with Gasteiger partial charge in [-0.05, 0) is 41.1 Å². The largest absolute Gasteiger partial charge is 0.465 e. The Hall–Kier alpha value is -2.88. The lowest BCUT2D eigenvalue weighted by Crippen LogP contribution is -2.44. The summed E-state index contributed by atoms with van der Waals surface area (Å²) in [5.74, 6) is -1.04. The molecule has 0 fully saturated rings. The summed E-state index contributed by atoms with van der Waals surface area (Å²) >= 11 is 3.25. The van der Waals surface area contributed by atoms with E-state index in [0.717, 1.165) is 0 Å². The van der Waals surface area contributed by atoms with Gasteiger partial charge in [-0.1, -0.05) is 6.07 Å². The maximum Gasteiger partial charge on any atom is 0.405 e. The van der Waals surface area contributed by atoms with Crippen molar-refractivity contribution >= 4 is 33.8 Å². The summed E-state index contributed by atoms with van der Waals surface area (Å²) in [7, 11) is 0. The molecule has 0 saturated heterocycles. The highest BCUT2D eigenvalue weighted by atomic mass is 79.9. The number of nitrogens with zero attached hydrogens (tertiary/aromatic N) is 2. The van der Waals surface area contributed by atoms with Crippen LogP contribution in [0.15, 0.2) is 41.1 Å². The Bertz CT molecular complexity index is 777. The van der Waals surface area contributed by atoms with Crippen molar-refractivity contribution in [3.63, 3.8) is 0 Å². The van der Waals surface area contributed by atoms with Gasteiger partial charge in [0.1, 0.15) is 11.7 Å². The Morgan fingerprint density at radius 2 is 2.08 bits per heavy atom. The van der Waals surface area contributed by atoms with Gasteiger partial charge in [0.05, 0.1) is 16.7 Å². The Morgan fingerprint density at radius 3 is 2.72 bits per heavy atom. The fraction of sp³-hybridized carbons (Fsp3) is 0.200. The first kappa shape index (κ1) is 18.5. The van der Waals surface area contributed by atoms with Crippen LogP contribution in [0.3, 0.4) is 0 Å². The molecule has 0 aromatic carbocycles. The molecule has 0 aliphatic rings. The van der Waals surface area contributed by atoms with Gasteiger partial charge in [0.15, 0.2) is 0 Å². The van der Waals surface area contributed by atoms with Gasteiger partial charge in [0.25, 0.3) is 11.8 Å². The minimum absolute atomic E-state index is 0.173. The molecule has 4 N–H and O–H groups in total. The highest BCUT2D eigenvalue weighted by molar-refractivity contribution is 9.10. The van der Waals surface area contributed by atoms with E-state index in [1.165, 1.54) is 17.8 Å². The van der Waals surface area contributed by atoms with Gasteiger partial charge in [-0.15, -0.1) is 0 Å². The third-order valence-electron chi connectivity index (χ3n) is 3.17. The van der Waals surface area contributed by atoms with Crippen molar-refractivity contribution in [2.45, 2.75) is 19.5 Å². The summed E-state index contributed by atoms with van der Waals surface area (Å²) in [4.78, 5) is 39.1. The number of amides is 3. The summed E-state index contributed by atoms with van der Waals surface area (Å²) < 4.78 is 1.70. The summed E-state index contributed by atoms with van der Waals surface area (Å²) in [5.41, 5.74) is 3.32. The molecule has 0 bridgehead atoms. The van der Waals surface area contributed by atoms with Crippen LogP contribution in [0.2, 0.25) is 0 Å². The SMILES string of the molecule is CC(NC(=O)O)C(=O)Nn1ccc(Br)c1C(=O)NCc1ccccn1. The monoisotopic (exact) mass is 409 g/mol. The standard InChI is InChI=1S/C15H16BrN5O4/c1-9(19-15(24)25)13(22)20-21-7-5-11(16)12(21)14(23)18-8-10-4-2-3-6-17-10/h2-7,9,19H,8H2,1H3,(H,18,23)(H,20,22)(H,24,25). The average Bonchev–Trinajstić information content (AvgIpc) is 2.93. The number of rotatable bonds is 6. The van der Waals surface area contributed by atoms with Gasteiger partial charge in [-0.3, -0.25) is 24.7 Å². The summed E-state index contributed by atoms with van der Waals surface area (Å²) in [6.45, 7) is 1.62. The number of carbonyl (C=O) groups is 3. The van der Waals surface area contributed by atoms with Crippen LogP contribution in [0.4, 0.5) is 4.79 Å². The maximum atomic E-state index is 12.4. The lowest BCUT2D eigenvalue weighted by Gasteiger charge is -2.15. The van der Waals surface area contributed by atoms with Crippen molar-refractivity contribution < 1.29 is 19.5 Å². The van der Waals surface area contributed by atoms with Gasteiger partial charge in [0.2, 0.25) is 0 Å². The molecule has 10 heteroatoms. The zero-order valence-corrected chi connectivity index (χ0v) is 14.8. The number of carboxylic acid groups (broad SMARTS) is 1. The lowest BCUT2D eigenvalue weighted by molar-refractivity contribution is -0.118. The zero-order chi connectivity index (χ0) is 18.4. The van der Waals surface area contributed by atoms with Crippen molar-refractivity contribution in [2.75, 3.05) is 5.43 Å². The Balaban J connectivity index is 2.06. The third kappa shape index (κ3) is 5.05. The smallest absolute Gasteiger partial charge is 0.405 e. The normalized spacial score (nSPS) is 11.4. The second kappa shape index (κ2) is 8.29. The highest BCUT2D eigenvalue weighted by Gasteiger charge is 2.20. The summed E-state index contributed by atoms with van der Waals surface area (Å²) in [5, 5.41) is 13.4. The molecule has 2 aromatic rings. The first-order valence-corrected chi connectivity index (χ1v) is 8.03. The van der Waals surface area contributed by atoms with Crippen LogP contribution in [0.5, 0.6) is 0 Å². The number of hydrogen-bond donors (Lipinski definition) is 4. The van der Waals surface area contributed by atoms with Gasteiger partial charge in [-0.2, -0.15) is 0 Å². The van der Waals surface area contributed by atoms with Crippen molar-refractivity contribution in [1.82, 2.24) is 20.3 Å². The summed E-state index contributed by atoms with van der Waals surface area (Å²) in [6, 6.07) is 5.96. The number of halogens is 1. The molecule has 2 aromatic heterocycles. The van der Waals surface area contributed by atoms with E-state index in [2.05, 4.69) is 31.7 Å². The molecular weight excluding hydrogens is 394 g/mol. The first-order valence-electron chi connectivity index (χ1n) is 7.23. The zero-order valence-electron chi connectivity index (χ0n) is 13.2.